The topological polar surface area (TPSA) is 114 Å². The van der Waals surface area contributed by atoms with Crippen molar-refractivity contribution in [3.63, 3.8) is 0 Å². The highest BCUT2D eigenvalue weighted by Gasteiger charge is 2.41. The molecule has 0 radical (unpaired) electrons. The summed E-state index contributed by atoms with van der Waals surface area (Å²) in [5, 5.41) is 4.15. The number of nitrogens with zero attached hydrogens (tertiary/aromatic N) is 6. The molecule has 1 aliphatic carbocycles. The zero-order valence-corrected chi connectivity index (χ0v) is 20.8. The lowest BCUT2D eigenvalue weighted by molar-refractivity contribution is -0.128. The maximum absolute atomic E-state index is 13.2. The summed E-state index contributed by atoms with van der Waals surface area (Å²) in [7, 11) is 1.56. The number of ether oxygens (including phenoxy) is 1. The average molecular weight is 511 g/mol. The summed E-state index contributed by atoms with van der Waals surface area (Å²) >= 11 is 0. The number of amides is 1. The molecule has 5 heterocycles. The van der Waals surface area contributed by atoms with Gasteiger partial charge in [-0.3, -0.25) is 4.79 Å². The van der Waals surface area contributed by atoms with Gasteiger partial charge in [0.1, 0.15) is 11.5 Å². The highest BCUT2D eigenvalue weighted by atomic mass is 19.3. The Morgan fingerprint density at radius 2 is 2.00 bits per heavy atom. The van der Waals surface area contributed by atoms with Gasteiger partial charge in [-0.15, -0.1) is 0 Å². The maximum atomic E-state index is 13.2. The van der Waals surface area contributed by atoms with Gasteiger partial charge in [0.05, 0.1) is 24.6 Å². The molecule has 6 rings (SSSR count). The fourth-order valence-electron chi connectivity index (χ4n) is 5.93. The number of rotatable bonds is 6. The van der Waals surface area contributed by atoms with Crippen molar-refractivity contribution < 1.29 is 18.3 Å². The Labute approximate surface area is 211 Å². The lowest BCUT2D eigenvalue weighted by Crippen LogP contribution is -2.29. The Kier molecular flexibility index (Phi) is 5.68. The second kappa shape index (κ2) is 8.93. The van der Waals surface area contributed by atoms with Crippen molar-refractivity contribution in [2.45, 2.75) is 45.7 Å². The van der Waals surface area contributed by atoms with Crippen LogP contribution in [0.25, 0.3) is 33.3 Å². The van der Waals surface area contributed by atoms with E-state index < -0.39 is 13.0 Å². The number of anilines is 1. The van der Waals surface area contributed by atoms with Crippen LogP contribution in [0.4, 0.5) is 14.7 Å². The number of H-pyrrole nitrogens is 1. The van der Waals surface area contributed by atoms with E-state index in [1.54, 1.807) is 39.4 Å². The molecule has 1 aliphatic heterocycles. The van der Waals surface area contributed by atoms with Gasteiger partial charge in [0.15, 0.2) is 5.65 Å². The molecule has 3 atom stereocenters. The van der Waals surface area contributed by atoms with Crippen molar-refractivity contribution in [3.8, 4) is 17.0 Å². The molecular formula is C25H28F2N8O2. The minimum atomic E-state index is -2.50. The Morgan fingerprint density at radius 3 is 2.68 bits per heavy atom. The van der Waals surface area contributed by atoms with Crippen LogP contribution in [0, 0.1) is 18.8 Å². The van der Waals surface area contributed by atoms with Gasteiger partial charge in [-0.1, -0.05) is 0 Å². The number of nitrogens with one attached hydrogen (secondary N) is 2. The highest BCUT2D eigenvalue weighted by molar-refractivity contribution is 5.98. The first-order valence-corrected chi connectivity index (χ1v) is 12.4. The summed E-state index contributed by atoms with van der Waals surface area (Å²) in [6.07, 6.45) is 2.89. The van der Waals surface area contributed by atoms with Crippen LogP contribution in [0.1, 0.15) is 25.6 Å². The second-order valence-corrected chi connectivity index (χ2v) is 9.97. The van der Waals surface area contributed by atoms with Gasteiger partial charge >= 0.3 is 0 Å². The summed E-state index contributed by atoms with van der Waals surface area (Å²) in [5.74, 6) is 2.50. The first kappa shape index (κ1) is 23.6. The summed E-state index contributed by atoms with van der Waals surface area (Å²) < 4.78 is 33.4. The number of methoxy groups -OCH3 is 1. The van der Waals surface area contributed by atoms with E-state index in [0.29, 0.717) is 51.7 Å². The zero-order chi connectivity index (χ0) is 25.8. The van der Waals surface area contributed by atoms with Crippen molar-refractivity contribution in [2.24, 2.45) is 11.8 Å². The van der Waals surface area contributed by atoms with Crippen LogP contribution in [-0.2, 0) is 11.3 Å². The van der Waals surface area contributed by atoms with Crippen LogP contribution >= 0.6 is 0 Å². The van der Waals surface area contributed by atoms with Gasteiger partial charge < -0.3 is 24.5 Å². The number of halogens is 2. The lowest BCUT2D eigenvalue weighted by Gasteiger charge is -2.18. The molecule has 2 aliphatic rings. The number of alkyl halides is 2. The van der Waals surface area contributed by atoms with Crippen molar-refractivity contribution in [1.82, 2.24) is 34.4 Å². The molecule has 12 heteroatoms. The van der Waals surface area contributed by atoms with Crippen molar-refractivity contribution in [1.29, 1.82) is 0 Å². The number of imidazole rings is 1. The van der Waals surface area contributed by atoms with Gasteiger partial charge in [-0.25, -0.2) is 18.7 Å². The second-order valence-electron chi connectivity index (χ2n) is 9.97. The Balaban J connectivity index is 1.29. The first-order valence-electron chi connectivity index (χ1n) is 12.4. The summed E-state index contributed by atoms with van der Waals surface area (Å²) in [6, 6.07) is 2.03. The standard InChI is InChI=1S/C25H28F2N8O2/c1-12-30-22-19(35(12)11-20(26)27)6-14(7-28-22)18-8-29-23-21(18)24(37-3)33-25(32-23)31-17-4-15-9-34(13(2)36)10-16(15)5-17/h6-8,15-17,20H,4-5,9-11H2,1-3H3,(H2,29,31,32,33)/t15-,16+,17-. The van der Waals surface area contributed by atoms with E-state index in [1.165, 1.54) is 4.57 Å². The Hall–Kier alpha value is -3.83. The first-order chi connectivity index (χ1) is 17.8. The molecule has 194 valence electrons. The molecule has 2 fully saturated rings. The number of likely N-dealkylation sites (tertiary alicyclic amines) is 1. The molecule has 0 bridgehead atoms. The van der Waals surface area contributed by atoms with Crippen molar-refractivity contribution in [3.05, 3.63) is 24.3 Å². The third kappa shape index (κ3) is 4.13. The fourth-order valence-corrected chi connectivity index (χ4v) is 5.93. The molecule has 10 nitrogen and oxygen atoms in total. The predicted octanol–water partition coefficient (Wildman–Crippen LogP) is 3.62. The van der Waals surface area contributed by atoms with Crippen LogP contribution in [0.3, 0.4) is 0 Å². The molecule has 1 saturated carbocycles. The largest absolute Gasteiger partial charge is 0.480 e. The van der Waals surface area contributed by atoms with Crippen molar-refractivity contribution >= 4 is 34.1 Å². The minimum Gasteiger partial charge on any atom is -0.480 e. The maximum Gasteiger partial charge on any atom is 0.256 e. The number of carbonyl (C=O) groups excluding carboxylic acids is 1. The van der Waals surface area contributed by atoms with Gasteiger partial charge in [0.25, 0.3) is 6.43 Å². The van der Waals surface area contributed by atoms with Gasteiger partial charge in [-0.2, -0.15) is 9.97 Å². The van der Waals surface area contributed by atoms with Gasteiger partial charge in [0, 0.05) is 49.6 Å². The van der Waals surface area contributed by atoms with E-state index in [0.717, 1.165) is 37.1 Å². The number of aromatic nitrogens is 6. The predicted molar refractivity (Wildman–Crippen MR) is 134 cm³/mol. The number of aromatic amines is 1. The monoisotopic (exact) mass is 510 g/mol. The van der Waals surface area contributed by atoms with Crippen molar-refractivity contribution in [2.75, 3.05) is 25.5 Å². The smallest absolute Gasteiger partial charge is 0.256 e. The van der Waals surface area contributed by atoms with E-state index >= 15 is 0 Å². The van der Waals surface area contributed by atoms with Gasteiger partial charge in [0.2, 0.25) is 17.7 Å². The molecule has 37 heavy (non-hydrogen) atoms. The van der Waals surface area contributed by atoms with Crippen LogP contribution < -0.4 is 10.1 Å². The molecule has 0 unspecified atom stereocenters. The van der Waals surface area contributed by atoms with E-state index in [1.807, 2.05) is 4.90 Å². The quantitative estimate of drug-likeness (QED) is 0.407. The molecule has 4 aromatic rings. The molecule has 2 N–H and O–H groups in total. The highest BCUT2D eigenvalue weighted by Crippen LogP contribution is 2.40. The SMILES string of the molecule is COc1nc(N[C@@H]2C[C@@H]3CN(C(C)=O)C[C@@H]3C2)nc2[nH]cc(-c3cnc4nc(C)n(CC(F)F)c4c3)c12. The molecule has 0 aromatic carbocycles. The fraction of sp³-hybridized carbons (Fsp3) is 0.480. The van der Waals surface area contributed by atoms with Crippen LogP contribution in [0.15, 0.2) is 18.5 Å². The third-order valence-corrected chi connectivity index (χ3v) is 7.65. The summed E-state index contributed by atoms with van der Waals surface area (Å²) in [6.45, 7) is 4.50. The Bertz CT molecular complexity index is 1490. The average Bonchev–Trinajstić information content (AvgIpc) is 3.60. The van der Waals surface area contributed by atoms with E-state index in [4.69, 9.17) is 9.72 Å². The summed E-state index contributed by atoms with van der Waals surface area (Å²) in [4.78, 5) is 34.9. The third-order valence-electron chi connectivity index (χ3n) is 7.65. The number of pyridine rings is 1. The zero-order valence-electron chi connectivity index (χ0n) is 20.8. The number of carbonyl (C=O) groups is 1. The molecule has 0 spiro atoms. The van der Waals surface area contributed by atoms with Crippen LogP contribution in [0.2, 0.25) is 0 Å². The molecule has 1 saturated heterocycles. The number of hydrogen-bond donors (Lipinski definition) is 2. The van der Waals surface area contributed by atoms with E-state index in [-0.39, 0.29) is 11.9 Å². The number of hydrogen-bond acceptors (Lipinski definition) is 7. The number of fused-ring (bicyclic) bond motifs is 3. The minimum absolute atomic E-state index is 0.142. The number of aryl methyl sites for hydroxylation is 1. The lowest BCUT2D eigenvalue weighted by atomic mass is 10.0. The van der Waals surface area contributed by atoms with Crippen LogP contribution in [-0.4, -0.2) is 73.0 Å². The van der Waals surface area contributed by atoms with E-state index in [2.05, 4.69) is 25.3 Å². The summed E-state index contributed by atoms with van der Waals surface area (Å²) in [5.41, 5.74) is 3.04. The van der Waals surface area contributed by atoms with Crippen LogP contribution in [0.5, 0.6) is 5.88 Å². The van der Waals surface area contributed by atoms with Gasteiger partial charge in [-0.05, 0) is 37.7 Å². The molecule has 4 aromatic heterocycles. The molecule has 1 amide bonds. The Morgan fingerprint density at radius 1 is 1.24 bits per heavy atom. The molecular weight excluding hydrogens is 482 g/mol. The normalized spacial score (nSPS) is 21.4. The van der Waals surface area contributed by atoms with E-state index in [9.17, 15) is 13.6 Å².